The lowest BCUT2D eigenvalue weighted by Gasteiger charge is -2.10. The van der Waals surface area contributed by atoms with E-state index in [-0.39, 0.29) is 0 Å². The zero-order valence-electron chi connectivity index (χ0n) is 24.8. The number of pyridine rings is 1. The lowest BCUT2D eigenvalue weighted by atomic mass is 9.97. The lowest BCUT2D eigenvalue weighted by molar-refractivity contribution is -0.688. The van der Waals surface area contributed by atoms with E-state index in [2.05, 4.69) is 67.2 Å². The maximum absolute atomic E-state index is 2.46. The molecule has 0 aliphatic rings. The second-order valence-corrected chi connectivity index (χ2v) is 11.5. The van der Waals surface area contributed by atoms with Crippen LogP contribution >= 0.6 is 0 Å². The van der Waals surface area contributed by atoms with Crippen LogP contribution in [0.3, 0.4) is 0 Å². The van der Waals surface area contributed by atoms with Crippen LogP contribution in [0.5, 0.6) is 0 Å². The van der Waals surface area contributed by atoms with E-state index in [1.807, 2.05) is 0 Å². The minimum atomic E-state index is 0.977. The van der Waals surface area contributed by atoms with E-state index in [4.69, 9.17) is 0 Å². The van der Waals surface area contributed by atoms with Crippen LogP contribution in [0.25, 0.3) is 0 Å². The van der Waals surface area contributed by atoms with Crippen LogP contribution in [-0.4, -0.2) is 0 Å². The fraction of sp³-hybridized carbons (Fsp3) is 0.694. The molecule has 0 amide bonds. The highest BCUT2D eigenvalue weighted by Gasteiger charge is 2.10. The number of benzene rings is 1. The van der Waals surface area contributed by atoms with E-state index >= 15 is 0 Å². The molecule has 0 unspecified atom stereocenters. The first-order valence-electron chi connectivity index (χ1n) is 16.4. The predicted molar refractivity (Wildman–Crippen MR) is 163 cm³/mol. The van der Waals surface area contributed by atoms with E-state index in [0.717, 1.165) is 6.54 Å². The van der Waals surface area contributed by atoms with E-state index in [1.54, 1.807) is 11.1 Å². The van der Waals surface area contributed by atoms with Crippen LogP contribution in [0.2, 0.25) is 0 Å². The van der Waals surface area contributed by atoms with Gasteiger partial charge in [-0.15, -0.1) is 0 Å². The van der Waals surface area contributed by atoms with Crippen molar-refractivity contribution in [2.75, 3.05) is 0 Å². The van der Waals surface area contributed by atoms with Crippen molar-refractivity contribution >= 4 is 0 Å². The van der Waals surface area contributed by atoms with Gasteiger partial charge in [-0.05, 0) is 31.2 Å². The molecule has 0 fully saturated rings. The average molecular weight is 507 g/mol. The number of nitrogens with zero attached hydrogens (tertiary/aromatic N) is 1. The van der Waals surface area contributed by atoms with Crippen LogP contribution < -0.4 is 4.57 Å². The van der Waals surface area contributed by atoms with Crippen molar-refractivity contribution in [2.24, 2.45) is 0 Å². The van der Waals surface area contributed by atoms with Crippen LogP contribution in [0.15, 0.2) is 48.8 Å². The van der Waals surface area contributed by atoms with Gasteiger partial charge in [-0.3, -0.25) is 0 Å². The number of hydrogen-bond donors (Lipinski definition) is 0. The predicted octanol–water partition coefficient (Wildman–Crippen LogP) is 10.9. The first kappa shape index (κ1) is 31.6. The normalized spacial score (nSPS) is 11.3. The highest BCUT2D eigenvalue weighted by atomic mass is 14.9. The van der Waals surface area contributed by atoms with Gasteiger partial charge in [0.1, 0.15) is 0 Å². The molecule has 2 aromatic rings. The Bertz CT molecular complexity index is 765. The standard InChI is InChI=1S/C36H60N/c1-3-5-7-9-11-13-15-17-19-24-28-35-30-31-37(32-34-26-22-21-23-27-34)33-36(35)29-25-20-18-16-14-12-10-8-6-4-2/h21-23,26-27,30-31,33H,3-20,24-25,28-29,32H2,1-2H3/q+1. The molecule has 1 nitrogen and oxygen atoms in total. The van der Waals surface area contributed by atoms with Gasteiger partial charge in [0.25, 0.3) is 0 Å². The zero-order chi connectivity index (χ0) is 26.2. The third-order valence-corrected chi connectivity index (χ3v) is 8.01. The number of aromatic nitrogens is 1. The Balaban J connectivity index is 1.73. The van der Waals surface area contributed by atoms with Crippen molar-refractivity contribution in [1.29, 1.82) is 0 Å². The summed E-state index contributed by atoms with van der Waals surface area (Å²) in [5.74, 6) is 0. The number of aryl methyl sites for hydroxylation is 2. The highest BCUT2D eigenvalue weighted by molar-refractivity contribution is 5.22. The summed E-state index contributed by atoms with van der Waals surface area (Å²) in [6.07, 6.45) is 35.6. The Morgan fingerprint density at radius 3 is 1.38 bits per heavy atom. The molecule has 0 spiro atoms. The molecule has 0 radical (unpaired) electrons. The van der Waals surface area contributed by atoms with Gasteiger partial charge in [0.2, 0.25) is 0 Å². The van der Waals surface area contributed by atoms with Crippen molar-refractivity contribution in [2.45, 2.75) is 162 Å². The fourth-order valence-corrected chi connectivity index (χ4v) is 5.59. The van der Waals surface area contributed by atoms with Crippen LogP contribution in [0.4, 0.5) is 0 Å². The van der Waals surface area contributed by atoms with Crippen molar-refractivity contribution in [1.82, 2.24) is 0 Å². The van der Waals surface area contributed by atoms with Gasteiger partial charge in [-0.1, -0.05) is 160 Å². The van der Waals surface area contributed by atoms with Gasteiger partial charge in [-0.2, -0.15) is 0 Å². The van der Waals surface area contributed by atoms with Gasteiger partial charge < -0.3 is 0 Å². The summed E-state index contributed by atoms with van der Waals surface area (Å²) >= 11 is 0. The SMILES string of the molecule is CCCCCCCCCCCCc1cc[n+](Cc2ccccc2)cc1CCCCCCCCCCCC. The quantitative estimate of drug-likeness (QED) is 0.0984. The van der Waals surface area contributed by atoms with Gasteiger partial charge >= 0.3 is 0 Å². The molecular formula is C36H60N+. The van der Waals surface area contributed by atoms with E-state index in [9.17, 15) is 0 Å². The molecule has 0 bridgehead atoms. The van der Waals surface area contributed by atoms with Gasteiger partial charge in [0, 0.05) is 17.2 Å². The van der Waals surface area contributed by atoms with Gasteiger partial charge in [0.15, 0.2) is 18.9 Å². The molecular weight excluding hydrogens is 446 g/mol. The summed E-state index contributed by atoms with van der Waals surface area (Å²) < 4.78 is 2.41. The van der Waals surface area contributed by atoms with Gasteiger partial charge in [0.05, 0.1) is 0 Å². The summed E-state index contributed by atoms with van der Waals surface area (Å²) in [5, 5.41) is 0. The molecule has 1 aromatic heterocycles. The minimum Gasteiger partial charge on any atom is -0.200 e. The Labute approximate surface area is 231 Å². The lowest BCUT2D eigenvalue weighted by Crippen LogP contribution is -2.34. The number of rotatable bonds is 24. The maximum Gasteiger partial charge on any atom is 0.173 e. The molecule has 0 saturated heterocycles. The highest BCUT2D eigenvalue weighted by Crippen LogP contribution is 2.18. The van der Waals surface area contributed by atoms with E-state index in [0.29, 0.717) is 0 Å². The number of unbranched alkanes of at least 4 members (excludes halogenated alkanes) is 18. The van der Waals surface area contributed by atoms with Crippen LogP contribution in [0.1, 0.15) is 159 Å². The molecule has 0 aliphatic carbocycles. The summed E-state index contributed by atoms with van der Waals surface area (Å²) in [5.41, 5.74) is 4.61. The van der Waals surface area contributed by atoms with Crippen molar-refractivity contribution in [3.8, 4) is 0 Å². The minimum absolute atomic E-state index is 0.977. The van der Waals surface area contributed by atoms with Crippen LogP contribution in [0, 0.1) is 0 Å². The fourth-order valence-electron chi connectivity index (χ4n) is 5.59. The van der Waals surface area contributed by atoms with E-state index < -0.39 is 0 Å². The smallest absolute Gasteiger partial charge is 0.173 e. The Kier molecular flexibility index (Phi) is 19.1. The summed E-state index contributed by atoms with van der Waals surface area (Å²) in [6.45, 7) is 5.58. The Morgan fingerprint density at radius 2 is 0.892 bits per heavy atom. The first-order valence-corrected chi connectivity index (χ1v) is 16.4. The molecule has 208 valence electrons. The van der Waals surface area contributed by atoms with Gasteiger partial charge in [-0.25, -0.2) is 4.57 Å². The molecule has 2 rings (SSSR count). The third kappa shape index (κ3) is 16.0. The molecule has 37 heavy (non-hydrogen) atoms. The summed E-state index contributed by atoms with van der Waals surface area (Å²) in [6, 6.07) is 13.3. The second kappa shape index (κ2) is 22.4. The largest absolute Gasteiger partial charge is 0.200 e. The van der Waals surface area contributed by atoms with Crippen molar-refractivity contribution in [3.05, 3.63) is 65.5 Å². The summed E-state index contributed by atoms with van der Waals surface area (Å²) in [7, 11) is 0. The van der Waals surface area contributed by atoms with Crippen molar-refractivity contribution < 1.29 is 4.57 Å². The Hall–Kier alpha value is -1.63. The molecule has 1 heterocycles. The number of hydrogen-bond acceptors (Lipinski definition) is 0. The maximum atomic E-state index is 2.46. The Morgan fingerprint density at radius 1 is 0.459 bits per heavy atom. The molecule has 0 saturated carbocycles. The second-order valence-electron chi connectivity index (χ2n) is 11.5. The monoisotopic (exact) mass is 506 g/mol. The van der Waals surface area contributed by atoms with E-state index in [1.165, 1.54) is 147 Å². The van der Waals surface area contributed by atoms with Crippen molar-refractivity contribution in [3.63, 3.8) is 0 Å². The molecule has 1 heteroatoms. The zero-order valence-corrected chi connectivity index (χ0v) is 24.8. The third-order valence-electron chi connectivity index (χ3n) is 8.01. The molecule has 0 N–H and O–H groups in total. The summed E-state index contributed by atoms with van der Waals surface area (Å²) in [4.78, 5) is 0. The molecule has 0 atom stereocenters. The molecule has 0 aliphatic heterocycles. The first-order chi connectivity index (χ1) is 18.3. The molecule has 1 aromatic carbocycles. The average Bonchev–Trinajstić information content (AvgIpc) is 2.92. The van der Waals surface area contributed by atoms with Crippen LogP contribution in [-0.2, 0) is 19.4 Å². The topological polar surface area (TPSA) is 3.88 Å².